The maximum Gasteiger partial charge on any atom is 0.342 e. The van der Waals surface area contributed by atoms with Gasteiger partial charge in [-0.05, 0) is 18.1 Å². The van der Waals surface area contributed by atoms with Crippen molar-refractivity contribution in [3.8, 4) is 11.5 Å². The fourth-order valence-corrected chi connectivity index (χ4v) is 4.87. The lowest BCUT2D eigenvalue weighted by Gasteiger charge is -2.46. The first-order chi connectivity index (χ1) is 17.1. The summed E-state index contributed by atoms with van der Waals surface area (Å²) in [5.41, 5.74) is 5.67. The Morgan fingerprint density at radius 1 is 1.19 bits per heavy atom. The van der Waals surface area contributed by atoms with E-state index in [2.05, 4.69) is 0 Å². The van der Waals surface area contributed by atoms with E-state index in [0.29, 0.717) is 11.1 Å². The number of aliphatic hydroxyl groups is 2. The fraction of sp³-hybridized carbons (Fsp3) is 0.615. The van der Waals surface area contributed by atoms with E-state index in [4.69, 9.17) is 24.7 Å². The molecule has 1 aromatic rings. The number of esters is 3. The molecule has 0 radical (unpaired) electrons. The second-order valence-electron chi connectivity index (χ2n) is 10.4. The number of nitrogens with two attached hydrogens (primary N) is 1. The van der Waals surface area contributed by atoms with Crippen molar-refractivity contribution in [1.29, 1.82) is 0 Å². The number of aliphatic hydroxyl groups excluding tert-OH is 2. The second kappa shape index (κ2) is 10.8. The van der Waals surface area contributed by atoms with Crippen LogP contribution in [0.1, 0.15) is 68.9 Å². The molecule has 0 aliphatic carbocycles. The van der Waals surface area contributed by atoms with E-state index in [-0.39, 0.29) is 36.3 Å². The highest BCUT2D eigenvalue weighted by molar-refractivity contribution is 5.97. The largest absolute Gasteiger partial charge is 0.458 e. The number of hydrogen-bond donors (Lipinski definition) is 3. The SMILES string of the molecule is CC(=O)Oc1cc(OC(C)=O)c2c(c1C)C[C@H]([C@H](C)[C@@H](O)C[C@H]1O[C@H](C(N)=O)C[C@@H](O)C1(C)C)OC2=O. The number of rotatable bonds is 7. The predicted octanol–water partition coefficient (Wildman–Crippen LogP) is 1.34. The predicted molar refractivity (Wildman–Crippen MR) is 129 cm³/mol. The maximum absolute atomic E-state index is 13.1. The summed E-state index contributed by atoms with van der Waals surface area (Å²) >= 11 is 0. The molecule has 2 aliphatic rings. The van der Waals surface area contributed by atoms with Crippen LogP contribution >= 0.6 is 0 Å². The molecule has 0 bridgehead atoms. The van der Waals surface area contributed by atoms with Crippen LogP contribution in [0.25, 0.3) is 0 Å². The Bertz CT molecular complexity index is 1100. The number of carbonyl (C=O) groups excluding carboxylic acids is 4. The van der Waals surface area contributed by atoms with Gasteiger partial charge in [-0.3, -0.25) is 14.4 Å². The fourth-order valence-electron chi connectivity index (χ4n) is 4.87. The van der Waals surface area contributed by atoms with E-state index >= 15 is 0 Å². The molecular formula is C26H35NO10. The highest BCUT2D eigenvalue weighted by Crippen LogP contribution is 2.42. The first-order valence-corrected chi connectivity index (χ1v) is 12.2. The molecule has 6 atom stereocenters. The Labute approximate surface area is 215 Å². The highest BCUT2D eigenvalue weighted by atomic mass is 16.6. The molecule has 11 heteroatoms. The third-order valence-corrected chi connectivity index (χ3v) is 7.43. The van der Waals surface area contributed by atoms with Gasteiger partial charge in [-0.2, -0.15) is 0 Å². The summed E-state index contributed by atoms with van der Waals surface area (Å²) < 4.78 is 22.0. The molecule has 1 aromatic carbocycles. The number of carbonyl (C=O) groups is 4. The minimum atomic E-state index is -1.03. The molecular weight excluding hydrogens is 486 g/mol. The summed E-state index contributed by atoms with van der Waals surface area (Å²) in [6.45, 7) is 9.36. The average Bonchev–Trinajstić information content (AvgIpc) is 2.78. The van der Waals surface area contributed by atoms with Crippen LogP contribution < -0.4 is 15.2 Å². The van der Waals surface area contributed by atoms with E-state index in [1.165, 1.54) is 19.9 Å². The number of benzene rings is 1. The van der Waals surface area contributed by atoms with Crippen LogP contribution in [-0.4, -0.2) is 64.5 Å². The van der Waals surface area contributed by atoms with Gasteiger partial charge in [0.05, 0.1) is 18.3 Å². The summed E-state index contributed by atoms with van der Waals surface area (Å²) in [6.07, 6.45) is -4.05. The monoisotopic (exact) mass is 521 g/mol. The van der Waals surface area contributed by atoms with Gasteiger partial charge in [0.15, 0.2) is 0 Å². The van der Waals surface area contributed by atoms with Crippen molar-refractivity contribution in [3.05, 3.63) is 22.8 Å². The summed E-state index contributed by atoms with van der Waals surface area (Å²) in [4.78, 5) is 48.0. The minimum Gasteiger partial charge on any atom is -0.458 e. The Morgan fingerprint density at radius 2 is 1.78 bits per heavy atom. The Balaban J connectivity index is 1.87. The van der Waals surface area contributed by atoms with Gasteiger partial charge in [-0.25, -0.2) is 4.79 Å². The smallest absolute Gasteiger partial charge is 0.342 e. The molecule has 204 valence electrons. The topological polar surface area (TPSA) is 172 Å². The van der Waals surface area contributed by atoms with Crippen LogP contribution in [0.5, 0.6) is 11.5 Å². The van der Waals surface area contributed by atoms with Gasteiger partial charge in [0.1, 0.15) is 29.3 Å². The van der Waals surface area contributed by atoms with Gasteiger partial charge in [-0.15, -0.1) is 0 Å². The van der Waals surface area contributed by atoms with Crippen molar-refractivity contribution < 1.29 is 48.3 Å². The molecule has 1 amide bonds. The van der Waals surface area contributed by atoms with Crippen molar-refractivity contribution >= 4 is 23.8 Å². The molecule has 4 N–H and O–H groups in total. The van der Waals surface area contributed by atoms with Crippen LogP contribution in [-0.2, 0) is 30.3 Å². The number of fused-ring (bicyclic) bond motifs is 1. The van der Waals surface area contributed by atoms with Crippen LogP contribution in [0.4, 0.5) is 0 Å². The van der Waals surface area contributed by atoms with Crippen LogP contribution in [0, 0.1) is 18.3 Å². The summed E-state index contributed by atoms with van der Waals surface area (Å²) in [5, 5.41) is 21.7. The molecule has 0 aromatic heterocycles. The zero-order chi connectivity index (χ0) is 27.8. The zero-order valence-electron chi connectivity index (χ0n) is 21.9. The molecule has 3 rings (SSSR count). The van der Waals surface area contributed by atoms with E-state index in [9.17, 15) is 29.4 Å². The Morgan fingerprint density at radius 3 is 2.35 bits per heavy atom. The van der Waals surface area contributed by atoms with Gasteiger partial charge in [0.2, 0.25) is 5.91 Å². The van der Waals surface area contributed by atoms with Gasteiger partial charge >= 0.3 is 17.9 Å². The highest BCUT2D eigenvalue weighted by Gasteiger charge is 2.47. The maximum atomic E-state index is 13.1. The molecule has 0 unspecified atom stereocenters. The average molecular weight is 522 g/mol. The molecule has 0 spiro atoms. The van der Waals surface area contributed by atoms with Gasteiger partial charge < -0.3 is 34.9 Å². The van der Waals surface area contributed by atoms with E-state index in [0.717, 1.165) is 0 Å². The molecule has 11 nitrogen and oxygen atoms in total. The lowest BCUT2D eigenvalue weighted by atomic mass is 9.73. The summed E-state index contributed by atoms with van der Waals surface area (Å²) in [6, 6.07) is 1.31. The van der Waals surface area contributed by atoms with Crippen molar-refractivity contribution in [2.75, 3.05) is 0 Å². The molecule has 1 fully saturated rings. The second-order valence-corrected chi connectivity index (χ2v) is 10.4. The Kier molecular flexibility index (Phi) is 8.31. The molecule has 0 saturated carbocycles. The standard InChI is InChI=1S/C26H35NO10/c1-11-15-7-17(37-25(33)23(15)19(35-14(4)29)9-18(11)34-13(3)28)12(2)16(30)8-22-26(5,6)21(31)10-20(36-22)24(27)32/h9,12,16-17,20-22,30-31H,7-8,10H2,1-6H3,(H2,27,32)/t12-,16+,17-,20+,21-,22-/m1/s1. The molecule has 2 heterocycles. The number of primary amides is 1. The van der Waals surface area contributed by atoms with Gasteiger partial charge in [0.25, 0.3) is 0 Å². The van der Waals surface area contributed by atoms with Crippen molar-refractivity contribution in [3.63, 3.8) is 0 Å². The van der Waals surface area contributed by atoms with Crippen molar-refractivity contribution in [2.24, 2.45) is 17.1 Å². The lowest BCUT2D eigenvalue weighted by molar-refractivity contribution is -0.190. The normalized spacial score (nSPS) is 26.3. The first-order valence-electron chi connectivity index (χ1n) is 12.2. The minimum absolute atomic E-state index is 0.0566. The molecule has 37 heavy (non-hydrogen) atoms. The third-order valence-electron chi connectivity index (χ3n) is 7.43. The molecule has 1 saturated heterocycles. The summed E-state index contributed by atoms with van der Waals surface area (Å²) in [5.74, 6) is -3.19. The zero-order valence-corrected chi connectivity index (χ0v) is 21.9. The Hall–Kier alpha value is -3.02. The van der Waals surface area contributed by atoms with Gasteiger partial charge in [0, 0.05) is 50.5 Å². The summed E-state index contributed by atoms with van der Waals surface area (Å²) in [7, 11) is 0. The number of cyclic esters (lactones) is 1. The first kappa shape index (κ1) is 28.5. The third kappa shape index (κ3) is 5.94. The van der Waals surface area contributed by atoms with E-state index in [1.807, 2.05) is 0 Å². The van der Waals surface area contributed by atoms with E-state index < -0.39 is 65.7 Å². The van der Waals surface area contributed by atoms with Crippen LogP contribution in [0.2, 0.25) is 0 Å². The number of hydrogen-bond acceptors (Lipinski definition) is 10. The quantitative estimate of drug-likeness (QED) is 0.351. The van der Waals surface area contributed by atoms with E-state index in [1.54, 1.807) is 27.7 Å². The molecule has 2 aliphatic heterocycles. The number of amides is 1. The number of ether oxygens (including phenoxy) is 4. The van der Waals surface area contributed by atoms with Crippen molar-refractivity contribution in [2.45, 2.75) is 91.3 Å². The van der Waals surface area contributed by atoms with Gasteiger partial charge in [-0.1, -0.05) is 20.8 Å². The van der Waals surface area contributed by atoms with Crippen LogP contribution in [0.15, 0.2) is 6.07 Å². The van der Waals surface area contributed by atoms with Crippen LogP contribution in [0.3, 0.4) is 0 Å². The van der Waals surface area contributed by atoms with Crippen molar-refractivity contribution in [1.82, 2.24) is 0 Å². The lowest BCUT2D eigenvalue weighted by Crippen LogP contribution is -2.55.